The first-order chi connectivity index (χ1) is 21.9. The highest BCUT2D eigenvalue weighted by Crippen LogP contribution is 2.66. The van der Waals surface area contributed by atoms with E-state index in [9.17, 15) is 14.7 Å². The van der Waals surface area contributed by atoms with Gasteiger partial charge in [-0.25, -0.2) is 0 Å². The maximum Gasteiger partial charge on any atom is 0.240 e. The van der Waals surface area contributed by atoms with Crippen molar-refractivity contribution in [2.75, 3.05) is 33.4 Å². The zero-order valence-corrected chi connectivity index (χ0v) is 27.7. The van der Waals surface area contributed by atoms with Crippen molar-refractivity contribution in [3.8, 4) is 5.75 Å². The van der Waals surface area contributed by atoms with Gasteiger partial charge in [0.1, 0.15) is 23.1 Å². The van der Waals surface area contributed by atoms with Gasteiger partial charge in [0, 0.05) is 37.2 Å². The molecule has 1 saturated heterocycles. The second-order valence-corrected chi connectivity index (χ2v) is 14.3. The smallest absolute Gasteiger partial charge is 0.240 e. The number of amides is 1. The number of aliphatic hydroxyl groups is 1. The van der Waals surface area contributed by atoms with E-state index in [1.165, 1.54) is 0 Å². The molecule has 2 bridgehead atoms. The molecule has 2 aliphatic carbocycles. The minimum Gasteiger partial charge on any atom is -0.496 e. The van der Waals surface area contributed by atoms with Crippen LogP contribution in [-0.2, 0) is 19.9 Å². The summed E-state index contributed by atoms with van der Waals surface area (Å²) in [7, 11) is 1.59. The van der Waals surface area contributed by atoms with E-state index in [4.69, 9.17) is 10.5 Å². The third-order valence-corrected chi connectivity index (χ3v) is 11.9. The average Bonchev–Trinajstić information content (AvgIpc) is 3.38. The van der Waals surface area contributed by atoms with Gasteiger partial charge < -0.3 is 20.5 Å². The Hall–Kier alpha value is -3.59. The van der Waals surface area contributed by atoms with Crippen molar-refractivity contribution in [2.45, 2.75) is 64.6 Å². The molecule has 4 unspecified atom stereocenters. The first-order valence-corrected chi connectivity index (χ1v) is 16.6. The number of hydrogen-bond donors (Lipinski definition) is 2. The number of fused-ring (bicyclic) bond motifs is 3. The molecule has 3 N–H and O–H groups in total. The molecule has 6 rings (SSSR count). The monoisotopic (exact) mass is 625 g/mol. The first kappa shape index (κ1) is 32.4. The highest BCUT2D eigenvalue weighted by molar-refractivity contribution is 6.11. The van der Waals surface area contributed by atoms with Crippen LogP contribution >= 0.6 is 0 Å². The van der Waals surface area contributed by atoms with Gasteiger partial charge in [-0.1, -0.05) is 75.4 Å². The molecule has 0 spiro atoms. The van der Waals surface area contributed by atoms with Gasteiger partial charge in [-0.2, -0.15) is 0 Å². The molecule has 8 nitrogen and oxygen atoms in total. The summed E-state index contributed by atoms with van der Waals surface area (Å²) in [6, 6.07) is 19.9. The number of aliphatic hydroxyl groups excluding tert-OH is 1. The lowest BCUT2D eigenvalue weighted by Crippen LogP contribution is -2.72. The number of ketones is 2. The van der Waals surface area contributed by atoms with Gasteiger partial charge >= 0.3 is 0 Å². The highest BCUT2D eigenvalue weighted by atomic mass is 16.5. The molecule has 3 aromatic carbocycles. The summed E-state index contributed by atoms with van der Waals surface area (Å²) in [6.45, 7) is 9.02. The van der Waals surface area contributed by atoms with Crippen LogP contribution in [0.4, 0.5) is 0 Å². The third-order valence-electron chi connectivity index (χ3n) is 11.9. The van der Waals surface area contributed by atoms with Crippen molar-refractivity contribution >= 4 is 28.2 Å². The SMILES string of the molecule is COc1ccccc1[C@@]1(c2ccc3ccccc3c2)C(C(=O)C2C(=O)C3(C)CC[C@H]2C3(C)C)N(CCCO)CCN1C(=O)C(C)N. The summed E-state index contributed by atoms with van der Waals surface area (Å²) in [4.78, 5) is 48.3. The van der Waals surface area contributed by atoms with E-state index >= 15 is 4.79 Å². The van der Waals surface area contributed by atoms with E-state index in [1.807, 2.05) is 67.6 Å². The fourth-order valence-electron chi connectivity index (χ4n) is 9.11. The number of nitrogens with zero attached hydrogens (tertiary/aromatic N) is 2. The summed E-state index contributed by atoms with van der Waals surface area (Å²) in [5.74, 6) is -0.842. The lowest BCUT2D eigenvalue weighted by atomic mass is 9.66. The number of Topliss-reactive ketones (excluding diaryl/α,β-unsaturated/α-hetero) is 2. The van der Waals surface area contributed by atoms with E-state index in [-0.39, 0.29) is 35.4 Å². The van der Waals surface area contributed by atoms with Crippen molar-refractivity contribution in [3.63, 3.8) is 0 Å². The third kappa shape index (κ3) is 4.55. The molecular weight excluding hydrogens is 578 g/mol. The van der Waals surface area contributed by atoms with Gasteiger partial charge in [0.25, 0.3) is 0 Å². The number of carbonyl (C=O) groups is 3. The maximum absolute atomic E-state index is 15.6. The maximum atomic E-state index is 15.6. The molecule has 3 fully saturated rings. The van der Waals surface area contributed by atoms with Crippen LogP contribution in [0.2, 0.25) is 0 Å². The molecule has 244 valence electrons. The summed E-state index contributed by atoms with van der Waals surface area (Å²) in [5.41, 5.74) is 5.46. The van der Waals surface area contributed by atoms with Crippen LogP contribution in [0.25, 0.3) is 10.8 Å². The molecule has 1 aliphatic heterocycles. The minimum absolute atomic E-state index is 0.00365. The Morgan fingerprint density at radius 3 is 2.37 bits per heavy atom. The molecule has 46 heavy (non-hydrogen) atoms. The van der Waals surface area contributed by atoms with Crippen molar-refractivity contribution in [1.29, 1.82) is 0 Å². The second kappa shape index (κ2) is 11.9. The Morgan fingerprint density at radius 1 is 1.02 bits per heavy atom. The number of nitrogens with two attached hydrogens (primary N) is 1. The van der Waals surface area contributed by atoms with E-state index in [0.717, 1.165) is 29.2 Å². The molecule has 1 amide bonds. The molecule has 8 heteroatoms. The number of methoxy groups -OCH3 is 1. The zero-order chi connectivity index (χ0) is 33.0. The summed E-state index contributed by atoms with van der Waals surface area (Å²) in [6.07, 6.45) is 2.01. The molecule has 1 heterocycles. The van der Waals surface area contributed by atoms with Crippen LogP contribution in [0.15, 0.2) is 66.7 Å². The molecule has 2 saturated carbocycles. The van der Waals surface area contributed by atoms with Crippen LogP contribution < -0.4 is 10.5 Å². The fraction of sp³-hybridized carbons (Fsp3) is 0.500. The molecule has 3 aliphatic rings. The van der Waals surface area contributed by atoms with Crippen LogP contribution in [0, 0.1) is 22.7 Å². The summed E-state index contributed by atoms with van der Waals surface area (Å²) >= 11 is 0. The predicted molar refractivity (Wildman–Crippen MR) is 178 cm³/mol. The van der Waals surface area contributed by atoms with Gasteiger partial charge in [-0.3, -0.25) is 19.3 Å². The highest BCUT2D eigenvalue weighted by Gasteiger charge is 2.70. The quantitative estimate of drug-likeness (QED) is 0.336. The topological polar surface area (TPSA) is 113 Å². The number of ether oxygens (including phenoxy) is 1. The van der Waals surface area contributed by atoms with Crippen molar-refractivity contribution in [3.05, 3.63) is 77.9 Å². The standard InChI is InChI=1S/C38H47N3O5/c1-24(39)35(45)41-21-20-40(19-10-22-42)33(32(43)31-29-17-18-37(4,34(31)44)36(29,2)3)38(41,28-13-8-9-14-30(28)46-5)27-16-15-25-11-6-7-12-26(25)23-27/h6-9,11-16,23-24,29,31,33,42H,10,17-22,39H2,1-5H3/t24?,29-,31?,33?,37?,38+/m1/s1. The van der Waals surface area contributed by atoms with Gasteiger partial charge in [0.15, 0.2) is 5.78 Å². The van der Waals surface area contributed by atoms with E-state index in [0.29, 0.717) is 37.4 Å². The Labute approximate surface area is 271 Å². The second-order valence-electron chi connectivity index (χ2n) is 14.3. The van der Waals surface area contributed by atoms with E-state index in [1.54, 1.807) is 18.9 Å². The molecule has 0 radical (unpaired) electrons. The van der Waals surface area contributed by atoms with Gasteiger partial charge in [-0.15, -0.1) is 0 Å². The van der Waals surface area contributed by atoms with Crippen molar-refractivity contribution < 1.29 is 24.2 Å². The predicted octanol–water partition coefficient (Wildman–Crippen LogP) is 4.54. The Bertz CT molecular complexity index is 1670. The number of para-hydroxylation sites is 1. The van der Waals surface area contributed by atoms with Crippen molar-refractivity contribution in [1.82, 2.24) is 9.80 Å². The summed E-state index contributed by atoms with van der Waals surface area (Å²) < 4.78 is 6.00. The van der Waals surface area contributed by atoms with E-state index in [2.05, 4.69) is 24.8 Å². The van der Waals surface area contributed by atoms with Crippen LogP contribution in [0.1, 0.15) is 58.1 Å². The number of piperazine rings is 1. The fourth-order valence-corrected chi connectivity index (χ4v) is 9.11. The Kier molecular flexibility index (Phi) is 8.36. The van der Waals surface area contributed by atoms with Gasteiger partial charge in [0.05, 0.1) is 19.1 Å². The number of hydrogen-bond acceptors (Lipinski definition) is 7. The van der Waals surface area contributed by atoms with E-state index < -0.39 is 29.0 Å². The summed E-state index contributed by atoms with van der Waals surface area (Å²) in [5, 5.41) is 12.0. The van der Waals surface area contributed by atoms with Crippen LogP contribution in [0.5, 0.6) is 5.75 Å². The number of carbonyl (C=O) groups excluding carboxylic acids is 3. The average molecular weight is 626 g/mol. The van der Waals surface area contributed by atoms with Crippen LogP contribution in [-0.4, -0.2) is 77.8 Å². The van der Waals surface area contributed by atoms with Gasteiger partial charge in [-0.05, 0) is 66.0 Å². The largest absolute Gasteiger partial charge is 0.496 e. The lowest BCUT2D eigenvalue weighted by molar-refractivity contribution is -0.155. The molecule has 6 atom stereocenters. The molecule has 0 aromatic heterocycles. The normalized spacial score (nSPS) is 29.7. The number of benzene rings is 3. The minimum atomic E-state index is -1.39. The van der Waals surface area contributed by atoms with Crippen molar-refractivity contribution in [2.24, 2.45) is 28.4 Å². The Morgan fingerprint density at radius 2 is 1.72 bits per heavy atom. The first-order valence-electron chi connectivity index (χ1n) is 16.6. The van der Waals surface area contributed by atoms with Gasteiger partial charge in [0.2, 0.25) is 5.91 Å². The molecule has 3 aromatic rings. The Balaban J connectivity index is 1.70. The molecular formula is C38H47N3O5. The number of rotatable bonds is 9. The van der Waals surface area contributed by atoms with Crippen LogP contribution in [0.3, 0.4) is 0 Å². The zero-order valence-electron chi connectivity index (χ0n) is 27.7. The lowest BCUT2D eigenvalue weighted by Gasteiger charge is -2.57.